The van der Waals surface area contributed by atoms with E-state index in [4.69, 9.17) is 4.74 Å². The van der Waals surface area contributed by atoms with Crippen LogP contribution in [-0.4, -0.2) is 12.2 Å². The van der Waals surface area contributed by atoms with Crippen LogP contribution in [0.5, 0.6) is 11.5 Å². The van der Waals surface area contributed by atoms with Crippen molar-refractivity contribution in [2.45, 2.75) is 44.6 Å². The summed E-state index contributed by atoms with van der Waals surface area (Å²) in [7, 11) is 1.56. The third kappa shape index (κ3) is 4.04. The number of hydrogen-bond acceptors (Lipinski definition) is 3. The number of anilines is 1. The third-order valence-corrected chi connectivity index (χ3v) is 5.27. The van der Waals surface area contributed by atoms with Crippen LogP contribution in [0.3, 0.4) is 0 Å². The van der Waals surface area contributed by atoms with Crippen molar-refractivity contribution in [2.24, 2.45) is 0 Å². The van der Waals surface area contributed by atoms with Crippen LogP contribution >= 0.6 is 15.9 Å². The molecule has 24 heavy (non-hydrogen) atoms. The third-order valence-electron chi connectivity index (χ3n) is 4.81. The van der Waals surface area contributed by atoms with Crippen molar-refractivity contribution >= 4 is 21.6 Å². The second-order valence-corrected chi connectivity index (χ2v) is 7.34. The van der Waals surface area contributed by atoms with Crippen molar-refractivity contribution in [3.05, 3.63) is 52.0 Å². The largest absolute Gasteiger partial charge is 0.504 e. The van der Waals surface area contributed by atoms with Gasteiger partial charge in [0.05, 0.1) is 7.11 Å². The summed E-state index contributed by atoms with van der Waals surface area (Å²) >= 11 is 3.45. The van der Waals surface area contributed by atoms with E-state index >= 15 is 0 Å². The fourth-order valence-electron chi connectivity index (χ4n) is 3.43. The number of methoxy groups -OCH3 is 1. The Morgan fingerprint density at radius 2 is 1.83 bits per heavy atom. The minimum Gasteiger partial charge on any atom is -0.504 e. The monoisotopic (exact) mass is 389 g/mol. The minimum absolute atomic E-state index is 0.187. The maximum Gasteiger partial charge on any atom is 0.162 e. The highest BCUT2D eigenvalue weighted by Gasteiger charge is 2.15. The van der Waals surface area contributed by atoms with Gasteiger partial charge in [-0.1, -0.05) is 47.3 Å². The average molecular weight is 390 g/mol. The highest BCUT2D eigenvalue weighted by molar-refractivity contribution is 9.10. The normalized spacial score (nSPS) is 15.2. The molecule has 1 saturated carbocycles. The van der Waals surface area contributed by atoms with Gasteiger partial charge < -0.3 is 15.2 Å². The van der Waals surface area contributed by atoms with Crippen LogP contribution in [0.2, 0.25) is 0 Å². The molecule has 1 fully saturated rings. The van der Waals surface area contributed by atoms with E-state index in [1.165, 1.54) is 37.7 Å². The van der Waals surface area contributed by atoms with Gasteiger partial charge in [0, 0.05) is 22.3 Å². The van der Waals surface area contributed by atoms with Crippen LogP contribution in [0, 0.1) is 0 Å². The number of rotatable bonds is 5. The van der Waals surface area contributed by atoms with Crippen molar-refractivity contribution < 1.29 is 9.84 Å². The van der Waals surface area contributed by atoms with Gasteiger partial charge in [0.2, 0.25) is 0 Å². The summed E-state index contributed by atoms with van der Waals surface area (Å²) in [6.45, 7) is 0.546. The van der Waals surface area contributed by atoms with Crippen molar-refractivity contribution in [3.63, 3.8) is 0 Å². The average Bonchev–Trinajstić information content (AvgIpc) is 2.63. The number of hydrogen-bond donors (Lipinski definition) is 2. The number of benzene rings is 2. The van der Waals surface area contributed by atoms with E-state index in [1.807, 2.05) is 6.07 Å². The van der Waals surface area contributed by atoms with Crippen molar-refractivity contribution in [1.29, 1.82) is 0 Å². The Kier molecular flexibility index (Phi) is 5.67. The molecule has 4 heteroatoms. The maximum absolute atomic E-state index is 10.2. The molecule has 0 saturated heterocycles. The second kappa shape index (κ2) is 7.93. The Labute approximate surface area is 152 Å². The van der Waals surface area contributed by atoms with Gasteiger partial charge in [-0.25, -0.2) is 0 Å². The number of aromatic hydroxyl groups is 1. The number of nitrogens with one attached hydrogen (secondary N) is 1. The first-order chi connectivity index (χ1) is 11.7. The Hall–Kier alpha value is -1.68. The number of phenols is 1. The predicted octanol–water partition coefficient (Wildman–Crippen LogP) is 5.82. The van der Waals surface area contributed by atoms with E-state index in [9.17, 15) is 5.11 Å². The summed E-state index contributed by atoms with van der Waals surface area (Å²) in [6, 6.07) is 12.4. The molecular weight excluding hydrogens is 366 g/mol. The summed E-state index contributed by atoms with van der Waals surface area (Å²) in [5.74, 6) is 1.40. The second-order valence-electron chi connectivity index (χ2n) is 6.43. The highest BCUT2D eigenvalue weighted by Crippen LogP contribution is 2.35. The summed E-state index contributed by atoms with van der Waals surface area (Å²) in [5.41, 5.74) is 3.32. The smallest absolute Gasteiger partial charge is 0.162 e. The lowest BCUT2D eigenvalue weighted by Gasteiger charge is -2.22. The zero-order chi connectivity index (χ0) is 16.9. The molecular formula is C20H24BrNO2. The zero-order valence-electron chi connectivity index (χ0n) is 14.0. The Bertz CT molecular complexity index is 679. The van der Waals surface area contributed by atoms with E-state index in [0.29, 0.717) is 12.3 Å². The van der Waals surface area contributed by atoms with Gasteiger partial charge in [-0.2, -0.15) is 0 Å². The first kappa shape index (κ1) is 17.2. The molecule has 0 amide bonds. The van der Waals surface area contributed by atoms with E-state index in [2.05, 4.69) is 45.5 Å². The fraction of sp³-hybridized carbons (Fsp3) is 0.400. The van der Waals surface area contributed by atoms with Crippen molar-refractivity contribution in [2.75, 3.05) is 12.4 Å². The molecule has 128 valence electrons. The van der Waals surface area contributed by atoms with E-state index < -0.39 is 0 Å². The van der Waals surface area contributed by atoms with Crippen LogP contribution < -0.4 is 10.1 Å². The molecule has 3 nitrogen and oxygen atoms in total. The molecule has 0 bridgehead atoms. The van der Waals surface area contributed by atoms with E-state index in [-0.39, 0.29) is 5.75 Å². The standard InChI is InChI=1S/C20H24BrNO2/c1-24-19-12-17(21)11-16(20(19)23)13-22-18-9-7-15(8-10-18)14-5-3-2-4-6-14/h7-12,14,22-23H,2-6,13H2,1H3. The van der Waals surface area contributed by atoms with Gasteiger partial charge in [-0.3, -0.25) is 0 Å². The van der Waals surface area contributed by atoms with Crippen LogP contribution in [-0.2, 0) is 6.54 Å². The Morgan fingerprint density at radius 3 is 2.50 bits per heavy atom. The van der Waals surface area contributed by atoms with Crippen molar-refractivity contribution in [3.8, 4) is 11.5 Å². The topological polar surface area (TPSA) is 41.5 Å². The van der Waals surface area contributed by atoms with Crippen LogP contribution in [0.15, 0.2) is 40.9 Å². The van der Waals surface area contributed by atoms with Crippen molar-refractivity contribution in [1.82, 2.24) is 0 Å². The van der Waals surface area contributed by atoms with Crippen LogP contribution in [0.25, 0.3) is 0 Å². The van der Waals surface area contributed by atoms with Crippen LogP contribution in [0.1, 0.15) is 49.1 Å². The molecule has 0 heterocycles. The van der Waals surface area contributed by atoms with Gasteiger partial charge in [-0.15, -0.1) is 0 Å². The molecule has 0 spiro atoms. The van der Waals surface area contributed by atoms with Gasteiger partial charge in [0.1, 0.15) is 0 Å². The molecule has 0 unspecified atom stereocenters. The molecule has 2 N–H and O–H groups in total. The lowest BCUT2D eigenvalue weighted by atomic mass is 9.84. The minimum atomic E-state index is 0.187. The highest BCUT2D eigenvalue weighted by atomic mass is 79.9. The molecule has 3 rings (SSSR count). The first-order valence-corrected chi connectivity index (χ1v) is 9.36. The lowest BCUT2D eigenvalue weighted by molar-refractivity contribution is 0.370. The zero-order valence-corrected chi connectivity index (χ0v) is 15.6. The summed E-state index contributed by atoms with van der Waals surface area (Å²) in [5, 5.41) is 13.6. The van der Waals surface area contributed by atoms with Crippen LogP contribution in [0.4, 0.5) is 5.69 Å². The molecule has 2 aromatic carbocycles. The molecule has 1 aliphatic carbocycles. The number of halogens is 1. The van der Waals surface area contributed by atoms with E-state index in [0.717, 1.165) is 21.6 Å². The summed E-state index contributed by atoms with van der Waals surface area (Å²) in [6.07, 6.45) is 6.73. The molecule has 0 radical (unpaired) electrons. The van der Waals surface area contributed by atoms with Gasteiger partial charge in [0.25, 0.3) is 0 Å². The van der Waals surface area contributed by atoms with Gasteiger partial charge in [0.15, 0.2) is 11.5 Å². The SMILES string of the molecule is COc1cc(Br)cc(CNc2ccc(C3CCCCC3)cc2)c1O. The quantitative estimate of drug-likeness (QED) is 0.676. The predicted molar refractivity (Wildman–Crippen MR) is 102 cm³/mol. The van der Waals surface area contributed by atoms with E-state index in [1.54, 1.807) is 13.2 Å². The first-order valence-electron chi connectivity index (χ1n) is 8.56. The molecule has 0 aromatic heterocycles. The summed E-state index contributed by atoms with van der Waals surface area (Å²) in [4.78, 5) is 0. The molecule has 2 aromatic rings. The molecule has 0 atom stereocenters. The molecule has 1 aliphatic rings. The fourth-order valence-corrected chi connectivity index (χ4v) is 3.91. The number of ether oxygens (including phenoxy) is 1. The molecule has 0 aliphatic heterocycles. The lowest BCUT2D eigenvalue weighted by Crippen LogP contribution is -2.05. The Balaban J connectivity index is 1.65. The number of phenolic OH excluding ortho intramolecular Hbond substituents is 1. The summed E-state index contributed by atoms with van der Waals surface area (Å²) < 4.78 is 6.08. The van der Waals surface area contributed by atoms with Gasteiger partial charge >= 0.3 is 0 Å². The Morgan fingerprint density at radius 1 is 1.12 bits per heavy atom. The van der Waals surface area contributed by atoms with Gasteiger partial charge in [-0.05, 0) is 48.6 Å². The maximum atomic E-state index is 10.2.